The molecule has 0 saturated heterocycles. The zero-order valence-electron chi connectivity index (χ0n) is 45.3. The lowest BCUT2D eigenvalue weighted by Crippen LogP contribution is -2.30. The Morgan fingerprint density at radius 1 is 0.304 bits per heavy atom. The zero-order valence-corrected chi connectivity index (χ0v) is 45.3. The smallest absolute Gasteiger partial charge is 0.306 e. The first kappa shape index (κ1) is 65.6. The molecule has 0 bridgehead atoms. The lowest BCUT2D eigenvalue weighted by molar-refractivity contribution is -0.167. The Kier molecular flexibility index (Phi) is 54.3. The molecular weight excluding hydrogens is 853 g/mol. The summed E-state index contributed by atoms with van der Waals surface area (Å²) in [5.74, 6) is -0.965. The van der Waals surface area contributed by atoms with Crippen molar-refractivity contribution in [1.82, 2.24) is 0 Å². The van der Waals surface area contributed by atoms with Crippen molar-refractivity contribution in [3.8, 4) is 0 Å². The number of esters is 3. The van der Waals surface area contributed by atoms with Crippen molar-refractivity contribution < 1.29 is 28.6 Å². The van der Waals surface area contributed by atoms with Crippen molar-refractivity contribution in [1.29, 1.82) is 0 Å². The Bertz CT molecular complexity index is 1330. The second kappa shape index (κ2) is 57.2. The van der Waals surface area contributed by atoms with E-state index in [0.29, 0.717) is 19.3 Å². The maximum Gasteiger partial charge on any atom is 0.306 e. The molecule has 0 N–H and O–H groups in total. The number of hydrogen-bond acceptors (Lipinski definition) is 6. The average molecular weight is 962 g/mol. The highest BCUT2D eigenvalue weighted by Gasteiger charge is 2.19. The van der Waals surface area contributed by atoms with Gasteiger partial charge in [-0.3, -0.25) is 14.4 Å². The van der Waals surface area contributed by atoms with E-state index in [0.717, 1.165) is 103 Å². The summed E-state index contributed by atoms with van der Waals surface area (Å²) in [5, 5.41) is 0. The van der Waals surface area contributed by atoms with Crippen LogP contribution in [0.3, 0.4) is 0 Å². The van der Waals surface area contributed by atoms with Gasteiger partial charge in [-0.15, -0.1) is 0 Å². The topological polar surface area (TPSA) is 78.9 Å². The van der Waals surface area contributed by atoms with Crippen LogP contribution in [0.15, 0.2) is 85.1 Å². The number of allylic oxidation sites excluding steroid dienone is 14. The van der Waals surface area contributed by atoms with Gasteiger partial charge < -0.3 is 14.2 Å². The van der Waals surface area contributed by atoms with E-state index in [2.05, 4.69) is 106 Å². The Morgan fingerprint density at radius 2 is 0.580 bits per heavy atom. The van der Waals surface area contributed by atoms with Gasteiger partial charge in [-0.1, -0.05) is 254 Å². The van der Waals surface area contributed by atoms with E-state index < -0.39 is 6.10 Å². The van der Waals surface area contributed by atoms with E-state index >= 15 is 0 Å². The third-order valence-electron chi connectivity index (χ3n) is 12.4. The van der Waals surface area contributed by atoms with Gasteiger partial charge in [0.15, 0.2) is 6.10 Å². The summed E-state index contributed by atoms with van der Waals surface area (Å²) in [5.41, 5.74) is 0. The predicted molar refractivity (Wildman–Crippen MR) is 297 cm³/mol. The minimum absolute atomic E-state index is 0.0980. The lowest BCUT2D eigenvalue weighted by Gasteiger charge is -2.18. The van der Waals surface area contributed by atoms with Crippen LogP contribution in [-0.2, 0) is 28.6 Å². The first-order valence-corrected chi connectivity index (χ1v) is 29.1. The molecule has 0 radical (unpaired) electrons. The second-order valence-corrected chi connectivity index (χ2v) is 19.2. The fraction of sp³-hybridized carbons (Fsp3) is 0.730. The Morgan fingerprint density at radius 3 is 0.971 bits per heavy atom. The molecule has 0 aromatic rings. The van der Waals surface area contributed by atoms with Gasteiger partial charge in [0.05, 0.1) is 0 Å². The summed E-state index contributed by atoms with van der Waals surface area (Å²) in [6.07, 6.45) is 74.4. The molecule has 0 aliphatic rings. The highest BCUT2D eigenvalue weighted by atomic mass is 16.6. The number of rotatable bonds is 52. The van der Waals surface area contributed by atoms with E-state index in [4.69, 9.17) is 14.2 Å². The van der Waals surface area contributed by atoms with Gasteiger partial charge in [0, 0.05) is 19.3 Å². The standard InChI is InChI=1S/C63H108O6/c1-4-7-10-13-16-19-22-25-28-30-31-33-36-38-41-44-47-50-53-56-62(65)68-59-60(69-63(66)57-54-51-48-45-42-39-34-27-24-21-18-15-12-9-6-3)58-67-61(64)55-52-49-46-43-40-37-35-32-29-26-23-20-17-14-11-8-5-2/h8,11,17-18,20-21,26-27,29,34-35,37,43,46,60H,4-7,9-10,12-16,19,22-25,28,30-33,36,38-42,44-45,47-59H2,1-3H3/b11-8-,20-17-,21-18-,29-26-,34-27-,37-35-,46-43-/t60-/m1/s1. The summed E-state index contributed by atoms with van der Waals surface area (Å²) >= 11 is 0. The highest BCUT2D eigenvalue weighted by Crippen LogP contribution is 2.16. The molecule has 6 nitrogen and oxygen atoms in total. The molecule has 0 amide bonds. The third kappa shape index (κ3) is 55.4. The van der Waals surface area contributed by atoms with Crippen LogP contribution in [-0.4, -0.2) is 37.2 Å². The van der Waals surface area contributed by atoms with Crippen LogP contribution >= 0.6 is 0 Å². The summed E-state index contributed by atoms with van der Waals surface area (Å²) < 4.78 is 16.8. The van der Waals surface area contributed by atoms with Crippen molar-refractivity contribution in [3.05, 3.63) is 85.1 Å². The SMILES string of the molecule is CC/C=C\C/C=C\C/C=C\C/C=C\C/C=C\CCCC(=O)OC[C@H](COC(=O)CCCCCCCCCCCCCCCCCCCCC)OC(=O)CCCCCCC/C=C\C/C=C\CCCCC. The monoisotopic (exact) mass is 961 g/mol. The summed E-state index contributed by atoms with van der Waals surface area (Å²) in [6.45, 7) is 6.46. The molecule has 0 rings (SSSR count). The average Bonchev–Trinajstić information content (AvgIpc) is 3.35. The Hall–Kier alpha value is -3.41. The number of hydrogen-bond donors (Lipinski definition) is 0. The van der Waals surface area contributed by atoms with Crippen LogP contribution in [0.2, 0.25) is 0 Å². The molecule has 6 heteroatoms. The van der Waals surface area contributed by atoms with E-state index in [-0.39, 0.29) is 37.5 Å². The molecule has 0 aliphatic carbocycles. The Labute approximate surface area is 426 Å². The number of unbranched alkanes of at least 4 members (excludes halogenated alkanes) is 27. The number of carbonyl (C=O) groups is 3. The van der Waals surface area contributed by atoms with Crippen molar-refractivity contribution in [2.75, 3.05) is 13.2 Å². The number of ether oxygens (including phenoxy) is 3. The molecule has 0 spiro atoms. The molecule has 0 fully saturated rings. The van der Waals surface area contributed by atoms with Crippen molar-refractivity contribution >= 4 is 17.9 Å². The predicted octanol–water partition coefficient (Wildman–Crippen LogP) is 19.5. The zero-order chi connectivity index (χ0) is 50.0. The lowest BCUT2D eigenvalue weighted by atomic mass is 10.0. The Balaban J connectivity index is 4.45. The first-order chi connectivity index (χ1) is 34.0. The largest absolute Gasteiger partial charge is 0.462 e. The summed E-state index contributed by atoms with van der Waals surface area (Å²) in [7, 11) is 0. The van der Waals surface area contributed by atoms with E-state index in [1.54, 1.807) is 0 Å². The molecule has 0 aromatic heterocycles. The van der Waals surface area contributed by atoms with Gasteiger partial charge in [0.1, 0.15) is 13.2 Å². The third-order valence-corrected chi connectivity index (χ3v) is 12.4. The van der Waals surface area contributed by atoms with Crippen LogP contribution in [0.5, 0.6) is 0 Å². The van der Waals surface area contributed by atoms with Crippen LogP contribution in [0, 0.1) is 0 Å². The molecule has 0 aliphatic heterocycles. The van der Waals surface area contributed by atoms with Gasteiger partial charge in [-0.05, 0) is 89.9 Å². The molecule has 0 unspecified atom stereocenters. The maximum atomic E-state index is 12.8. The van der Waals surface area contributed by atoms with Gasteiger partial charge in [-0.2, -0.15) is 0 Å². The normalized spacial score (nSPS) is 12.7. The van der Waals surface area contributed by atoms with Crippen LogP contribution in [0.1, 0.15) is 278 Å². The van der Waals surface area contributed by atoms with E-state index in [1.165, 1.54) is 128 Å². The molecular formula is C63H108O6. The molecule has 0 saturated carbocycles. The quantitative estimate of drug-likeness (QED) is 0.0262. The minimum atomic E-state index is -0.806. The van der Waals surface area contributed by atoms with E-state index in [9.17, 15) is 14.4 Å². The highest BCUT2D eigenvalue weighted by molar-refractivity contribution is 5.71. The van der Waals surface area contributed by atoms with Crippen LogP contribution in [0.25, 0.3) is 0 Å². The molecule has 0 heterocycles. The van der Waals surface area contributed by atoms with Crippen molar-refractivity contribution in [2.24, 2.45) is 0 Å². The van der Waals surface area contributed by atoms with Crippen LogP contribution < -0.4 is 0 Å². The second-order valence-electron chi connectivity index (χ2n) is 19.2. The fourth-order valence-corrected chi connectivity index (χ4v) is 8.04. The van der Waals surface area contributed by atoms with Gasteiger partial charge >= 0.3 is 17.9 Å². The van der Waals surface area contributed by atoms with E-state index in [1.807, 2.05) is 0 Å². The van der Waals surface area contributed by atoms with Gasteiger partial charge in [0.25, 0.3) is 0 Å². The minimum Gasteiger partial charge on any atom is -0.462 e. The van der Waals surface area contributed by atoms with Gasteiger partial charge in [-0.25, -0.2) is 0 Å². The molecule has 69 heavy (non-hydrogen) atoms. The maximum absolute atomic E-state index is 12.8. The summed E-state index contributed by atoms with van der Waals surface area (Å²) in [6, 6.07) is 0. The first-order valence-electron chi connectivity index (χ1n) is 29.1. The molecule has 396 valence electrons. The fourth-order valence-electron chi connectivity index (χ4n) is 8.04. The van der Waals surface area contributed by atoms with Crippen LogP contribution in [0.4, 0.5) is 0 Å². The van der Waals surface area contributed by atoms with Gasteiger partial charge in [0.2, 0.25) is 0 Å². The van der Waals surface area contributed by atoms with Crippen molar-refractivity contribution in [2.45, 2.75) is 284 Å². The summed E-state index contributed by atoms with van der Waals surface area (Å²) in [4.78, 5) is 38.1. The number of carbonyl (C=O) groups excluding carboxylic acids is 3. The van der Waals surface area contributed by atoms with Crippen molar-refractivity contribution in [3.63, 3.8) is 0 Å². The molecule has 1 atom stereocenters. The molecule has 0 aromatic carbocycles.